The highest BCUT2D eigenvalue weighted by Gasteiger charge is 2.18. The van der Waals surface area contributed by atoms with Crippen molar-refractivity contribution in [3.8, 4) is 11.4 Å². The summed E-state index contributed by atoms with van der Waals surface area (Å²) in [6, 6.07) is 7.95. The normalized spacial score (nSPS) is 12.7. The Kier molecular flexibility index (Phi) is 3.56. The predicted octanol–water partition coefficient (Wildman–Crippen LogP) is 3.21. The van der Waals surface area contributed by atoms with Crippen LogP contribution in [0.15, 0.2) is 29.1 Å². The van der Waals surface area contributed by atoms with Gasteiger partial charge >= 0.3 is 0 Å². The summed E-state index contributed by atoms with van der Waals surface area (Å²) in [5.41, 5.74) is 3.17. The van der Waals surface area contributed by atoms with Crippen LogP contribution in [-0.2, 0) is 0 Å². The highest BCUT2D eigenvalue weighted by atomic mass is 16.1. The van der Waals surface area contributed by atoms with Gasteiger partial charge in [0.25, 0.3) is 5.56 Å². The van der Waals surface area contributed by atoms with Gasteiger partial charge in [-0.05, 0) is 20.3 Å². The molecule has 1 unspecified atom stereocenters. The number of hydrogen-bond acceptors (Lipinski definition) is 3. The zero-order valence-corrected chi connectivity index (χ0v) is 13.3. The van der Waals surface area contributed by atoms with Crippen LogP contribution in [0.5, 0.6) is 0 Å². The van der Waals surface area contributed by atoms with Crippen LogP contribution in [0, 0.1) is 13.8 Å². The zero-order valence-electron chi connectivity index (χ0n) is 13.3. The summed E-state index contributed by atoms with van der Waals surface area (Å²) in [5.74, 6) is 1.66. The Balaban J connectivity index is 2.26. The number of hydrogen-bond donors (Lipinski definition) is 1. The minimum Gasteiger partial charge on any atom is -0.303 e. The monoisotopic (exact) mass is 296 g/mol. The number of nitrogens with one attached hydrogen (secondary N) is 1. The van der Waals surface area contributed by atoms with Gasteiger partial charge in [-0.2, -0.15) is 0 Å². The van der Waals surface area contributed by atoms with Gasteiger partial charge in [-0.3, -0.25) is 4.79 Å². The minimum absolute atomic E-state index is 0.148. The number of nitrogens with zero attached hydrogens (tertiary/aromatic N) is 3. The predicted molar refractivity (Wildman–Crippen MR) is 87.2 cm³/mol. The third-order valence-electron chi connectivity index (χ3n) is 4.08. The summed E-state index contributed by atoms with van der Waals surface area (Å²) >= 11 is 0. The van der Waals surface area contributed by atoms with E-state index in [1.807, 2.05) is 38.1 Å². The molecule has 2 heterocycles. The topological polar surface area (TPSA) is 63.0 Å². The molecular formula is C17H20N4O. The lowest BCUT2D eigenvalue weighted by atomic mass is 10.1. The molecule has 0 saturated heterocycles. The Morgan fingerprint density at radius 3 is 2.55 bits per heavy atom. The van der Waals surface area contributed by atoms with E-state index in [0.717, 1.165) is 23.5 Å². The molecule has 1 aromatic carbocycles. The summed E-state index contributed by atoms with van der Waals surface area (Å²) < 4.78 is 1.71. The van der Waals surface area contributed by atoms with Crippen LogP contribution >= 0.6 is 0 Å². The molecule has 5 heteroatoms. The van der Waals surface area contributed by atoms with E-state index in [1.165, 1.54) is 5.56 Å². The molecule has 0 bridgehead atoms. The molecule has 0 aliphatic carbocycles. The first kappa shape index (κ1) is 14.5. The molecular weight excluding hydrogens is 276 g/mol. The lowest BCUT2D eigenvalue weighted by Gasteiger charge is -2.08. The van der Waals surface area contributed by atoms with Gasteiger partial charge < -0.3 is 4.98 Å². The van der Waals surface area contributed by atoms with E-state index in [2.05, 4.69) is 28.9 Å². The number of rotatable bonds is 3. The molecule has 0 radical (unpaired) electrons. The van der Waals surface area contributed by atoms with Crippen LogP contribution in [-0.4, -0.2) is 19.6 Å². The molecule has 5 nitrogen and oxygen atoms in total. The number of aromatic amines is 1. The highest BCUT2D eigenvalue weighted by molar-refractivity contribution is 5.58. The lowest BCUT2D eigenvalue weighted by Crippen LogP contribution is -2.16. The Labute approximate surface area is 129 Å². The third kappa shape index (κ3) is 2.32. The fourth-order valence-electron chi connectivity index (χ4n) is 2.54. The summed E-state index contributed by atoms with van der Waals surface area (Å²) in [6.45, 7) is 8.09. The average Bonchev–Trinajstić information content (AvgIpc) is 2.84. The zero-order chi connectivity index (χ0) is 15.9. The first-order valence-corrected chi connectivity index (χ1v) is 7.57. The smallest absolute Gasteiger partial charge is 0.277 e. The van der Waals surface area contributed by atoms with E-state index >= 15 is 0 Å². The fraction of sp³-hybridized carbons (Fsp3) is 0.353. The van der Waals surface area contributed by atoms with Gasteiger partial charge in [0.15, 0.2) is 11.3 Å². The minimum atomic E-state index is -0.148. The van der Waals surface area contributed by atoms with E-state index in [4.69, 9.17) is 0 Å². The largest absolute Gasteiger partial charge is 0.303 e. The van der Waals surface area contributed by atoms with E-state index < -0.39 is 0 Å². The van der Waals surface area contributed by atoms with Crippen molar-refractivity contribution < 1.29 is 0 Å². The maximum Gasteiger partial charge on any atom is 0.277 e. The highest BCUT2D eigenvalue weighted by Crippen LogP contribution is 2.21. The first-order chi connectivity index (χ1) is 10.5. The van der Waals surface area contributed by atoms with Crippen molar-refractivity contribution in [1.82, 2.24) is 19.6 Å². The maximum absolute atomic E-state index is 12.4. The summed E-state index contributed by atoms with van der Waals surface area (Å²) in [5, 5.41) is 4.62. The van der Waals surface area contributed by atoms with Crippen molar-refractivity contribution in [2.45, 2.75) is 40.0 Å². The Hall–Kier alpha value is -2.43. The van der Waals surface area contributed by atoms with Gasteiger partial charge in [-0.15, -0.1) is 5.10 Å². The van der Waals surface area contributed by atoms with Gasteiger partial charge in [0.05, 0.1) is 5.69 Å². The van der Waals surface area contributed by atoms with E-state index in [1.54, 1.807) is 4.52 Å². The second kappa shape index (κ2) is 5.40. The quantitative estimate of drug-likeness (QED) is 0.807. The van der Waals surface area contributed by atoms with Gasteiger partial charge in [0, 0.05) is 11.5 Å². The van der Waals surface area contributed by atoms with E-state index in [0.29, 0.717) is 11.3 Å². The Morgan fingerprint density at radius 1 is 1.23 bits per heavy atom. The van der Waals surface area contributed by atoms with Crippen molar-refractivity contribution in [2.75, 3.05) is 0 Å². The second-order valence-electron chi connectivity index (χ2n) is 5.79. The summed E-state index contributed by atoms with van der Waals surface area (Å²) in [4.78, 5) is 19.8. The van der Waals surface area contributed by atoms with Crippen LogP contribution in [0.1, 0.15) is 43.3 Å². The van der Waals surface area contributed by atoms with Gasteiger partial charge in [0.2, 0.25) is 0 Å². The SMILES string of the molecule is CCC(C)c1nc(C)c2c(=O)[nH]c(-c3ccc(C)cc3)nn12. The van der Waals surface area contributed by atoms with Gasteiger partial charge in [-0.1, -0.05) is 43.7 Å². The molecule has 0 amide bonds. The number of benzene rings is 1. The Morgan fingerprint density at radius 2 is 1.91 bits per heavy atom. The van der Waals surface area contributed by atoms with Crippen LogP contribution in [0.25, 0.3) is 16.9 Å². The molecule has 0 saturated carbocycles. The molecule has 3 rings (SSSR count). The molecule has 3 aromatic rings. The van der Waals surface area contributed by atoms with E-state index in [9.17, 15) is 4.79 Å². The molecule has 1 N–H and O–H groups in total. The van der Waals surface area contributed by atoms with Crippen molar-refractivity contribution in [2.24, 2.45) is 0 Å². The van der Waals surface area contributed by atoms with Crippen molar-refractivity contribution >= 4 is 5.52 Å². The van der Waals surface area contributed by atoms with Crippen LogP contribution in [0.2, 0.25) is 0 Å². The van der Waals surface area contributed by atoms with Crippen molar-refractivity contribution in [1.29, 1.82) is 0 Å². The third-order valence-corrected chi connectivity index (χ3v) is 4.08. The number of imidazole rings is 1. The molecule has 1 atom stereocenters. The number of aromatic nitrogens is 4. The average molecular weight is 296 g/mol. The molecule has 0 spiro atoms. The lowest BCUT2D eigenvalue weighted by molar-refractivity contribution is 0.649. The second-order valence-corrected chi connectivity index (χ2v) is 5.79. The van der Waals surface area contributed by atoms with Gasteiger partial charge in [-0.25, -0.2) is 9.50 Å². The van der Waals surface area contributed by atoms with Crippen molar-refractivity contribution in [3.63, 3.8) is 0 Å². The number of H-pyrrole nitrogens is 1. The standard InChI is InChI=1S/C17H20N4O/c1-5-11(3)16-18-12(4)14-17(22)19-15(20-21(14)16)13-8-6-10(2)7-9-13/h6-9,11H,5H2,1-4H3,(H,19,20,22). The maximum atomic E-state index is 12.4. The molecule has 0 aliphatic rings. The molecule has 22 heavy (non-hydrogen) atoms. The van der Waals surface area contributed by atoms with E-state index in [-0.39, 0.29) is 11.5 Å². The fourth-order valence-corrected chi connectivity index (χ4v) is 2.54. The molecule has 0 aliphatic heterocycles. The van der Waals surface area contributed by atoms with Crippen LogP contribution in [0.4, 0.5) is 0 Å². The van der Waals surface area contributed by atoms with Gasteiger partial charge in [0.1, 0.15) is 5.82 Å². The molecule has 0 fully saturated rings. The summed E-state index contributed by atoms with van der Waals surface area (Å²) in [7, 11) is 0. The van der Waals surface area contributed by atoms with Crippen LogP contribution < -0.4 is 5.56 Å². The molecule has 114 valence electrons. The molecule has 2 aromatic heterocycles. The van der Waals surface area contributed by atoms with Crippen molar-refractivity contribution in [3.05, 3.63) is 51.7 Å². The first-order valence-electron chi connectivity index (χ1n) is 7.57. The number of fused-ring (bicyclic) bond motifs is 1. The summed E-state index contributed by atoms with van der Waals surface area (Å²) in [6.07, 6.45) is 0.951. The number of aryl methyl sites for hydroxylation is 2. The Bertz CT molecular complexity index is 874. The van der Waals surface area contributed by atoms with Crippen LogP contribution in [0.3, 0.4) is 0 Å².